The lowest BCUT2D eigenvalue weighted by atomic mass is 9.98. The summed E-state index contributed by atoms with van der Waals surface area (Å²) in [5.74, 6) is 0.286. The topological polar surface area (TPSA) is 72.6 Å². The molecule has 2 aromatic carbocycles. The van der Waals surface area contributed by atoms with Gasteiger partial charge in [-0.25, -0.2) is 4.98 Å². The van der Waals surface area contributed by atoms with E-state index in [9.17, 15) is 9.59 Å². The highest BCUT2D eigenvalue weighted by atomic mass is 35.5. The molecule has 156 valence electrons. The van der Waals surface area contributed by atoms with Gasteiger partial charge in [-0.05, 0) is 49.7 Å². The van der Waals surface area contributed by atoms with Gasteiger partial charge in [0.1, 0.15) is 11.3 Å². The number of aryl methyl sites for hydroxylation is 1. The van der Waals surface area contributed by atoms with E-state index in [1.54, 1.807) is 18.2 Å². The van der Waals surface area contributed by atoms with Crippen LogP contribution < -0.4 is 15.1 Å². The first kappa shape index (κ1) is 19.8. The normalized spacial score (nSPS) is 15.5. The Morgan fingerprint density at radius 2 is 2.06 bits per heavy atom. The minimum atomic E-state index is -0.687. The van der Waals surface area contributed by atoms with Gasteiger partial charge >= 0.3 is 0 Å². The number of carbonyl (C=O) groups excluding carboxylic acids is 1. The molecule has 6 nitrogen and oxygen atoms in total. The van der Waals surface area contributed by atoms with Crippen molar-refractivity contribution >= 4 is 44.9 Å². The number of amides is 1. The predicted molar refractivity (Wildman–Crippen MR) is 121 cm³/mol. The molecule has 0 aliphatic carbocycles. The summed E-state index contributed by atoms with van der Waals surface area (Å²) in [7, 11) is 0. The van der Waals surface area contributed by atoms with Gasteiger partial charge in [0, 0.05) is 10.4 Å². The Bertz CT molecular complexity index is 1390. The second-order valence-electron chi connectivity index (χ2n) is 7.17. The van der Waals surface area contributed by atoms with Crippen LogP contribution in [-0.2, 0) is 0 Å². The van der Waals surface area contributed by atoms with E-state index in [1.807, 2.05) is 43.5 Å². The molecule has 31 heavy (non-hydrogen) atoms. The number of aromatic nitrogens is 1. The Balaban J connectivity index is 1.80. The minimum absolute atomic E-state index is 0.0273. The van der Waals surface area contributed by atoms with Crippen LogP contribution in [0, 0.1) is 6.92 Å². The summed E-state index contributed by atoms with van der Waals surface area (Å²) >= 11 is 7.47. The first-order valence-electron chi connectivity index (χ1n) is 9.72. The van der Waals surface area contributed by atoms with Gasteiger partial charge in [0.2, 0.25) is 5.76 Å². The quantitative estimate of drug-likeness (QED) is 0.416. The molecule has 1 amide bonds. The fraction of sp³-hybridized carbons (Fsp3) is 0.174. The summed E-state index contributed by atoms with van der Waals surface area (Å²) in [5, 5.41) is 3.13. The molecule has 5 rings (SSSR count). The van der Waals surface area contributed by atoms with Crippen molar-refractivity contribution in [1.82, 2.24) is 4.98 Å². The lowest BCUT2D eigenvalue weighted by molar-refractivity contribution is 0.0971. The maximum atomic E-state index is 13.5. The lowest BCUT2D eigenvalue weighted by Crippen LogP contribution is -2.29. The van der Waals surface area contributed by atoms with Gasteiger partial charge in [0.25, 0.3) is 5.91 Å². The molecule has 0 radical (unpaired) electrons. The number of benzene rings is 2. The third kappa shape index (κ3) is 3.21. The number of thiazole rings is 1. The third-order valence-corrected chi connectivity index (χ3v) is 6.32. The van der Waals surface area contributed by atoms with Gasteiger partial charge < -0.3 is 9.15 Å². The molecule has 4 aromatic rings. The Hall–Kier alpha value is -3.16. The highest BCUT2D eigenvalue weighted by molar-refractivity contribution is 7.14. The van der Waals surface area contributed by atoms with E-state index in [4.69, 9.17) is 20.8 Å². The smallest absolute Gasteiger partial charge is 0.297 e. The van der Waals surface area contributed by atoms with Crippen molar-refractivity contribution in [1.29, 1.82) is 0 Å². The van der Waals surface area contributed by atoms with E-state index in [0.29, 0.717) is 33.5 Å². The maximum Gasteiger partial charge on any atom is 0.297 e. The van der Waals surface area contributed by atoms with E-state index >= 15 is 0 Å². The van der Waals surface area contributed by atoms with Crippen LogP contribution in [0.2, 0.25) is 5.02 Å². The highest BCUT2D eigenvalue weighted by Crippen LogP contribution is 2.42. The molecular formula is C23H17ClN2O4S. The van der Waals surface area contributed by atoms with Crippen LogP contribution >= 0.6 is 22.9 Å². The zero-order valence-electron chi connectivity index (χ0n) is 16.7. The molecule has 2 aromatic heterocycles. The molecule has 8 heteroatoms. The first-order chi connectivity index (χ1) is 15.0. The summed E-state index contributed by atoms with van der Waals surface area (Å²) in [6, 6.07) is 11.5. The highest BCUT2D eigenvalue weighted by Gasteiger charge is 2.45. The number of hydrogen-bond acceptors (Lipinski definition) is 6. The number of halogens is 1. The van der Waals surface area contributed by atoms with Gasteiger partial charge in [0.15, 0.2) is 10.6 Å². The second-order valence-corrected chi connectivity index (χ2v) is 8.44. The molecule has 0 spiro atoms. The monoisotopic (exact) mass is 452 g/mol. The van der Waals surface area contributed by atoms with E-state index in [1.165, 1.54) is 16.2 Å². The molecule has 1 aliphatic rings. The largest absolute Gasteiger partial charge is 0.494 e. The minimum Gasteiger partial charge on any atom is -0.494 e. The van der Waals surface area contributed by atoms with Crippen LogP contribution in [-0.4, -0.2) is 17.5 Å². The number of carbonyl (C=O) groups is 1. The van der Waals surface area contributed by atoms with Crippen LogP contribution in [0.15, 0.2) is 57.1 Å². The van der Waals surface area contributed by atoms with Crippen molar-refractivity contribution in [2.75, 3.05) is 11.5 Å². The number of hydrogen-bond donors (Lipinski definition) is 0. The predicted octanol–water partition coefficient (Wildman–Crippen LogP) is 5.36. The molecule has 0 N–H and O–H groups in total. The van der Waals surface area contributed by atoms with Crippen LogP contribution in [0.3, 0.4) is 0 Å². The molecular weight excluding hydrogens is 436 g/mol. The molecule has 3 heterocycles. The third-order valence-electron chi connectivity index (χ3n) is 5.13. The van der Waals surface area contributed by atoms with Crippen molar-refractivity contribution in [3.05, 3.63) is 85.7 Å². The van der Waals surface area contributed by atoms with E-state index in [-0.39, 0.29) is 16.8 Å². The fourth-order valence-corrected chi connectivity index (χ4v) is 4.85. The number of nitrogens with zero attached hydrogens (tertiary/aromatic N) is 2. The van der Waals surface area contributed by atoms with Crippen molar-refractivity contribution in [2.45, 2.75) is 19.9 Å². The Kier molecular flexibility index (Phi) is 4.79. The average Bonchev–Trinajstić information content (AvgIpc) is 3.30. The molecule has 1 unspecified atom stereocenters. The number of rotatable bonds is 4. The van der Waals surface area contributed by atoms with Crippen LogP contribution in [0.5, 0.6) is 5.75 Å². The summed E-state index contributed by atoms with van der Waals surface area (Å²) in [5.41, 5.74) is 1.85. The van der Waals surface area contributed by atoms with Crippen molar-refractivity contribution in [3.63, 3.8) is 0 Å². The number of ether oxygens (including phenoxy) is 1. The lowest BCUT2D eigenvalue weighted by Gasteiger charge is -2.23. The van der Waals surface area contributed by atoms with Gasteiger partial charge in [0.05, 0.1) is 29.3 Å². The molecule has 1 atom stereocenters. The zero-order valence-corrected chi connectivity index (χ0v) is 18.3. The molecule has 0 fully saturated rings. The van der Waals surface area contributed by atoms with E-state index in [2.05, 4.69) is 4.98 Å². The summed E-state index contributed by atoms with van der Waals surface area (Å²) in [6.45, 7) is 4.26. The van der Waals surface area contributed by atoms with Crippen molar-refractivity contribution in [2.24, 2.45) is 0 Å². The van der Waals surface area contributed by atoms with Gasteiger partial charge in [-0.15, -0.1) is 11.3 Å². The van der Waals surface area contributed by atoms with Crippen LogP contribution in [0.1, 0.15) is 40.3 Å². The molecule has 0 saturated heterocycles. The Morgan fingerprint density at radius 3 is 2.81 bits per heavy atom. The van der Waals surface area contributed by atoms with Crippen LogP contribution in [0.25, 0.3) is 11.0 Å². The summed E-state index contributed by atoms with van der Waals surface area (Å²) < 4.78 is 11.6. The Morgan fingerprint density at radius 1 is 1.23 bits per heavy atom. The molecule has 0 saturated carbocycles. The molecule has 0 bridgehead atoms. The van der Waals surface area contributed by atoms with E-state index in [0.717, 1.165) is 11.3 Å². The first-order valence-corrected chi connectivity index (χ1v) is 11.0. The number of fused-ring (bicyclic) bond motifs is 2. The average molecular weight is 453 g/mol. The maximum absolute atomic E-state index is 13.5. The second kappa shape index (κ2) is 7.51. The zero-order chi connectivity index (χ0) is 21.7. The van der Waals surface area contributed by atoms with Crippen molar-refractivity contribution in [3.8, 4) is 5.75 Å². The summed E-state index contributed by atoms with van der Waals surface area (Å²) in [4.78, 5) is 33.0. The van der Waals surface area contributed by atoms with Gasteiger partial charge in [-0.3, -0.25) is 14.5 Å². The van der Waals surface area contributed by atoms with E-state index < -0.39 is 11.9 Å². The SMILES string of the molecule is CCOc1cccc(C2c3c(oc4ccc(Cl)cc4c3=O)C(=O)N2c2nc(C)cs2)c1. The standard InChI is InChI=1S/C23H17ClN2O4S/c1-3-29-15-6-4-5-13(9-15)19-18-20(27)16-10-14(24)7-8-17(16)30-21(18)22(28)26(19)23-25-12(2)11-31-23/h4-11,19H,3H2,1-2H3. The van der Waals surface area contributed by atoms with Gasteiger partial charge in [-0.1, -0.05) is 23.7 Å². The molecule has 1 aliphatic heterocycles. The summed E-state index contributed by atoms with van der Waals surface area (Å²) in [6.07, 6.45) is 0. The van der Waals surface area contributed by atoms with Gasteiger partial charge in [-0.2, -0.15) is 0 Å². The number of anilines is 1. The van der Waals surface area contributed by atoms with Crippen LogP contribution in [0.4, 0.5) is 5.13 Å². The Labute approximate surface area is 186 Å². The van der Waals surface area contributed by atoms with Crippen molar-refractivity contribution < 1.29 is 13.9 Å². The fourth-order valence-electron chi connectivity index (χ4n) is 3.85.